The van der Waals surface area contributed by atoms with Gasteiger partial charge in [0, 0.05) is 6.54 Å². The van der Waals surface area contributed by atoms with Crippen LogP contribution in [0.4, 0.5) is 10.5 Å². The van der Waals surface area contributed by atoms with Gasteiger partial charge in [-0.15, -0.1) is 0 Å². The Labute approximate surface area is 146 Å². The van der Waals surface area contributed by atoms with E-state index in [4.69, 9.17) is 4.74 Å². The van der Waals surface area contributed by atoms with Gasteiger partial charge in [-0.05, 0) is 45.7 Å². The highest BCUT2D eigenvalue weighted by atomic mass is 16.6. The van der Waals surface area contributed by atoms with Crippen LogP contribution in [0.25, 0.3) is 0 Å². The number of para-hydroxylation sites is 1. The van der Waals surface area contributed by atoms with E-state index in [1.165, 1.54) is 0 Å². The zero-order valence-electron chi connectivity index (χ0n) is 14.8. The van der Waals surface area contributed by atoms with Gasteiger partial charge in [-0.3, -0.25) is 9.59 Å². The molecule has 1 spiro atoms. The number of rotatable bonds is 1. The van der Waals surface area contributed by atoms with Crippen LogP contribution in [0, 0.1) is 0 Å². The molecule has 2 N–H and O–H groups in total. The minimum atomic E-state index is -1.32. The molecule has 2 unspecified atom stereocenters. The fourth-order valence-electron chi connectivity index (χ4n) is 3.65. The van der Waals surface area contributed by atoms with Crippen molar-refractivity contribution in [3.8, 4) is 0 Å². The molecule has 2 aliphatic rings. The molecule has 0 bridgehead atoms. The standard InChI is InChI=1S/C18H22N2O5/c1-16(2,3)25-14(22)17(4)9-18(10-19-17)11-7-5-6-8-12(11)20(13(18)21)15(23)24/h5-8,19H,9-10H2,1-4H3,(H,23,24). The molecule has 2 amide bonds. The number of ether oxygens (including phenoxy) is 1. The Morgan fingerprint density at radius 1 is 1.28 bits per heavy atom. The van der Waals surface area contributed by atoms with Crippen molar-refractivity contribution in [3.05, 3.63) is 29.8 Å². The smallest absolute Gasteiger partial charge is 0.418 e. The summed E-state index contributed by atoms with van der Waals surface area (Å²) in [6, 6.07) is 6.82. The van der Waals surface area contributed by atoms with E-state index in [2.05, 4.69) is 5.32 Å². The minimum Gasteiger partial charge on any atom is -0.464 e. The lowest BCUT2D eigenvalue weighted by atomic mass is 9.76. The molecule has 3 rings (SSSR count). The molecular weight excluding hydrogens is 324 g/mol. The third-order valence-corrected chi connectivity index (χ3v) is 4.75. The molecule has 0 aliphatic carbocycles. The summed E-state index contributed by atoms with van der Waals surface area (Å²) in [4.78, 5) is 38.0. The largest absolute Gasteiger partial charge is 0.464 e. The molecule has 0 aromatic heterocycles. The molecule has 2 atom stereocenters. The molecule has 2 heterocycles. The normalized spacial score (nSPS) is 28.3. The van der Waals surface area contributed by atoms with Gasteiger partial charge in [-0.25, -0.2) is 9.69 Å². The lowest BCUT2D eigenvalue weighted by Gasteiger charge is -2.29. The number of hydrogen-bond donors (Lipinski definition) is 2. The summed E-state index contributed by atoms with van der Waals surface area (Å²) in [6.45, 7) is 7.21. The second-order valence-corrected chi connectivity index (χ2v) is 7.89. The first-order chi connectivity index (χ1) is 11.5. The molecule has 7 nitrogen and oxygen atoms in total. The van der Waals surface area contributed by atoms with Crippen LogP contribution in [0.2, 0.25) is 0 Å². The van der Waals surface area contributed by atoms with Crippen LogP contribution in [-0.4, -0.2) is 40.8 Å². The van der Waals surface area contributed by atoms with Gasteiger partial charge in [0.15, 0.2) is 0 Å². The Bertz CT molecular complexity index is 769. The number of amides is 2. The Balaban J connectivity index is 2.00. The Kier molecular flexibility index (Phi) is 3.69. The number of anilines is 1. The topological polar surface area (TPSA) is 95.9 Å². The summed E-state index contributed by atoms with van der Waals surface area (Å²) in [7, 11) is 0. The highest BCUT2D eigenvalue weighted by molar-refractivity contribution is 6.21. The van der Waals surface area contributed by atoms with Gasteiger partial charge in [0.2, 0.25) is 5.91 Å². The van der Waals surface area contributed by atoms with E-state index < -0.39 is 34.5 Å². The molecule has 1 fully saturated rings. The fraction of sp³-hybridized carbons (Fsp3) is 0.500. The second kappa shape index (κ2) is 5.29. The molecule has 1 saturated heterocycles. The molecule has 134 valence electrons. The van der Waals surface area contributed by atoms with E-state index in [1.54, 1.807) is 52.0 Å². The number of imide groups is 1. The first-order valence-corrected chi connectivity index (χ1v) is 8.16. The monoisotopic (exact) mass is 346 g/mol. The second-order valence-electron chi connectivity index (χ2n) is 7.89. The highest BCUT2D eigenvalue weighted by Gasteiger charge is 2.61. The maximum Gasteiger partial charge on any atom is 0.418 e. The number of carbonyl (C=O) groups excluding carboxylic acids is 2. The predicted octanol–water partition coefficient (Wildman–Crippen LogP) is 2.04. The molecule has 25 heavy (non-hydrogen) atoms. The quantitative estimate of drug-likeness (QED) is 0.756. The SMILES string of the molecule is CC(C)(C)OC(=O)C1(C)CC2(CN1)C(=O)N(C(=O)O)c1ccccc12. The molecule has 0 saturated carbocycles. The van der Waals surface area contributed by atoms with Crippen LogP contribution in [0.15, 0.2) is 24.3 Å². The number of nitrogens with one attached hydrogen (secondary N) is 1. The van der Waals surface area contributed by atoms with Crippen molar-refractivity contribution in [2.45, 2.75) is 50.7 Å². The summed E-state index contributed by atoms with van der Waals surface area (Å²) in [5.74, 6) is -0.975. The predicted molar refractivity (Wildman–Crippen MR) is 90.5 cm³/mol. The van der Waals surface area contributed by atoms with Gasteiger partial charge in [-0.2, -0.15) is 0 Å². The van der Waals surface area contributed by atoms with E-state index >= 15 is 0 Å². The van der Waals surface area contributed by atoms with E-state index in [0.29, 0.717) is 11.3 Å². The highest BCUT2D eigenvalue weighted by Crippen LogP contribution is 2.49. The molecule has 1 aromatic carbocycles. The maximum atomic E-state index is 13.0. The van der Waals surface area contributed by atoms with E-state index in [-0.39, 0.29) is 13.0 Å². The van der Waals surface area contributed by atoms with E-state index in [9.17, 15) is 19.5 Å². The van der Waals surface area contributed by atoms with Gasteiger partial charge >= 0.3 is 12.1 Å². The average Bonchev–Trinajstić information content (AvgIpc) is 2.97. The third-order valence-electron chi connectivity index (χ3n) is 4.75. The van der Waals surface area contributed by atoms with Gasteiger partial charge < -0.3 is 15.2 Å². The third kappa shape index (κ3) is 2.59. The van der Waals surface area contributed by atoms with E-state index in [0.717, 1.165) is 4.90 Å². The van der Waals surface area contributed by atoms with Crippen LogP contribution in [0.1, 0.15) is 39.7 Å². The first-order valence-electron chi connectivity index (χ1n) is 8.16. The summed E-state index contributed by atoms with van der Waals surface area (Å²) in [5.41, 5.74) is -1.81. The van der Waals surface area contributed by atoms with Crippen molar-refractivity contribution < 1.29 is 24.2 Å². The molecule has 7 heteroatoms. The molecule has 0 radical (unpaired) electrons. The van der Waals surface area contributed by atoms with Crippen LogP contribution in [0.3, 0.4) is 0 Å². The van der Waals surface area contributed by atoms with Crippen LogP contribution >= 0.6 is 0 Å². The zero-order chi connectivity index (χ0) is 18.6. The molecular formula is C18H22N2O5. The van der Waals surface area contributed by atoms with E-state index in [1.807, 2.05) is 0 Å². The Morgan fingerprint density at radius 3 is 2.52 bits per heavy atom. The summed E-state index contributed by atoms with van der Waals surface area (Å²) in [5, 5.41) is 12.6. The van der Waals surface area contributed by atoms with Gasteiger partial charge in [0.05, 0.1) is 11.1 Å². The number of hydrogen-bond acceptors (Lipinski definition) is 5. The number of fused-ring (bicyclic) bond motifs is 2. The summed E-state index contributed by atoms with van der Waals surface area (Å²) in [6.07, 6.45) is -1.17. The maximum absolute atomic E-state index is 13.0. The molecule has 2 aliphatic heterocycles. The Hall–Kier alpha value is -2.41. The van der Waals surface area contributed by atoms with Gasteiger partial charge in [-0.1, -0.05) is 18.2 Å². The number of benzene rings is 1. The summed E-state index contributed by atoms with van der Waals surface area (Å²) < 4.78 is 5.48. The van der Waals surface area contributed by atoms with Crippen molar-refractivity contribution in [3.63, 3.8) is 0 Å². The lowest BCUT2D eigenvalue weighted by molar-refractivity contribution is -0.162. The summed E-state index contributed by atoms with van der Waals surface area (Å²) >= 11 is 0. The van der Waals surface area contributed by atoms with Crippen molar-refractivity contribution in [1.82, 2.24) is 5.32 Å². The van der Waals surface area contributed by atoms with Crippen LogP contribution in [-0.2, 0) is 19.7 Å². The van der Waals surface area contributed by atoms with Crippen molar-refractivity contribution in [2.24, 2.45) is 0 Å². The van der Waals surface area contributed by atoms with Crippen LogP contribution < -0.4 is 10.2 Å². The Morgan fingerprint density at radius 2 is 1.92 bits per heavy atom. The van der Waals surface area contributed by atoms with Crippen molar-refractivity contribution in [2.75, 3.05) is 11.4 Å². The van der Waals surface area contributed by atoms with Crippen molar-refractivity contribution in [1.29, 1.82) is 0 Å². The molecule has 1 aromatic rings. The fourth-order valence-corrected chi connectivity index (χ4v) is 3.65. The number of esters is 1. The lowest BCUT2D eigenvalue weighted by Crippen LogP contribution is -2.48. The minimum absolute atomic E-state index is 0.147. The first kappa shape index (κ1) is 17.4. The van der Waals surface area contributed by atoms with Crippen LogP contribution in [0.5, 0.6) is 0 Å². The average molecular weight is 346 g/mol. The van der Waals surface area contributed by atoms with Gasteiger partial charge in [0.1, 0.15) is 11.1 Å². The zero-order valence-corrected chi connectivity index (χ0v) is 14.8. The number of carboxylic acid groups (broad SMARTS) is 1. The van der Waals surface area contributed by atoms with Gasteiger partial charge in [0.25, 0.3) is 0 Å². The van der Waals surface area contributed by atoms with Crippen molar-refractivity contribution >= 4 is 23.7 Å². The number of nitrogens with zero attached hydrogens (tertiary/aromatic N) is 1. The number of carbonyl (C=O) groups is 3.